The summed E-state index contributed by atoms with van der Waals surface area (Å²) >= 11 is 5.68. The third-order valence-corrected chi connectivity index (χ3v) is 2.59. The van der Waals surface area contributed by atoms with Crippen LogP contribution in [0.1, 0.15) is 10.4 Å². The number of pyridine rings is 1. The van der Waals surface area contributed by atoms with E-state index in [0.717, 1.165) is 12.3 Å². The van der Waals surface area contributed by atoms with Gasteiger partial charge in [0, 0.05) is 7.11 Å². The molecule has 0 bridgehead atoms. The first-order valence-corrected chi connectivity index (χ1v) is 6.65. The summed E-state index contributed by atoms with van der Waals surface area (Å²) in [4.78, 5) is 15.1. The molecule has 0 aliphatic rings. The van der Waals surface area contributed by atoms with Crippen molar-refractivity contribution in [2.24, 2.45) is 0 Å². The molecule has 0 atom stereocenters. The maximum absolute atomic E-state index is 12.9. The van der Waals surface area contributed by atoms with Gasteiger partial charge in [0.15, 0.2) is 0 Å². The third kappa shape index (κ3) is 7.33. The van der Waals surface area contributed by atoms with Crippen molar-refractivity contribution in [1.29, 1.82) is 0 Å². The monoisotopic (exact) mass is 321 g/mol. The second-order valence-electron chi connectivity index (χ2n) is 3.85. The zero-order valence-corrected chi connectivity index (χ0v) is 12.4. The Balaban J connectivity index is 2.12. The van der Waals surface area contributed by atoms with E-state index in [-0.39, 0.29) is 23.9 Å². The molecule has 0 N–H and O–H groups in total. The van der Waals surface area contributed by atoms with Crippen LogP contribution in [0.15, 0.2) is 12.3 Å². The van der Waals surface area contributed by atoms with Crippen LogP contribution in [0.2, 0.25) is 5.15 Å². The van der Waals surface area contributed by atoms with Crippen molar-refractivity contribution in [2.75, 3.05) is 46.8 Å². The second kappa shape index (κ2) is 10.4. The van der Waals surface area contributed by atoms with Crippen LogP contribution >= 0.6 is 11.6 Å². The number of ether oxygens (including phenoxy) is 4. The van der Waals surface area contributed by atoms with Gasteiger partial charge >= 0.3 is 5.97 Å². The van der Waals surface area contributed by atoms with Gasteiger partial charge in [-0.2, -0.15) is 0 Å². The lowest BCUT2D eigenvalue weighted by molar-refractivity contribution is 0.00568. The Morgan fingerprint density at radius 1 is 1.19 bits per heavy atom. The number of halogens is 2. The van der Waals surface area contributed by atoms with Crippen molar-refractivity contribution >= 4 is 17.6 Å². The van der Waals surface area contributed by atoms with Crippen molar-refractivity contribution in [3.05, 3.63) is 28.8 Å². The zero-order valence-electron chi connectivity index (χ0n) is 11.6. The lowest BCUT2D eigenvalue weighted by Gasteiger charge is -2.07. The van der Waals surface area contributed by atoms with Gasteiger partial charge in [0.2, 0.25) is 0 Å². The summed E-state index contributed by atoms with van der Waals surface area (Å²) < 4.78 is 33.0. The molecule has 8 heteroatoms. The minimum Gasteiger partial charge on any atom is -0.460 e. The van der Waals surface area contributed by atoms with E-state index in [0.29, 0.717) is 26.4 Å². The first-order chi connectivity index (χ1) is 10.1. The van der Waals surface area contributed by atoms with Gasteiger partial charge in [-0.1, -0.05) is 11.6 Å². The normalized spacial score (nSPS) is 10.6. The quantitative estimate of drug-likeness (QED) is 0.371. The summed E-state index contributed by atoms with van der Waals surface area (Å²) in [7, 11) is 1.59. The molecule has 0 amide bonds. The predicted molar refractivity (Wildman–Crippen MR) is 73.0 cm³/mol. The maximum atomic E-state index is 12.9. The summed E-state index contributed by atoms with van der Waals surface area (Å²) in [5.41, 5.74) is -0.112. The number of rotatable bonds is 10. The molecular weight excluding hydrogens is 305 g/mol. The molecule has 0 radical (unpaired) electrons. The molecule has 0 fully saturated rings. The highest BCUT2D eigenvalue weighted by molar-refractivity contribution is 6.32. The topological polar surface area (TPSA) is 66.9 Å². The van der Waals surface area contributed by atoms with E-state index in [1.54, 1.807) is 7.11 Å². The summed E-state index contributed by atoms with van der Waals surface area (Å²) in [5, 5.41) is -0.103. The average Bonchev–Trinajstić information content (AvgIpc) is 2.48. The Morgan fingerprint density at radius 3 is 2.48 bits per heavy atom. The molecule has 0 aliphatic carbocycles. The predicted octanol–water partition coefficient (Wildman–Crippen LogP) is 1.71. The highest BCUT2D eigenvalue weighted by Gasteiger charge is 2.13. The second-order valence-corrected chi connectivity index (χ2v) is 4.20. The fraction of sp³-hybridized carbons (Fsp3) is 0.538. The standard InChI is InChI=1S/C13H17ClFNO5/c1-18-2-3-19-4-5-20-6-7-21-13(17)11-8-10(15)9-16-12(11)14/h8-9H,2-7H2,1H3. The van der Waals surface area contributed by atoms with Crippen LogP contribution in [-0.4, -0.2) is 57.7 Å². The van der Waals surface area contributed by atoms with E-state index < -0.39 is 11.8 Å². The van der Waals surface area contributed by atoms with E-state index in [9.17, 15) is 9.18 Å². The van der Waals surface area contributed by atoms with Crippen LogP contribution in [0.4, 0.5) is 4.39 Å². The van der Waals surface area contributed by atoms with Gasteiger partial charge in [0.25, 0.3) is 0 Å². The number of aromatic nitrogens is 1. The van der Waals surface area contributed by atoms with Gasteiger partial charge in [0.05, 0.1) is 44.8 Å². The Morgan fingerprint density at radius 2 is 1.81 bits per heavy atom. The van der Waals surface area contributed by atoms with Crippen molar-refractivity contribution in [2.45, 2.75) is 0 Å². The van der Waals surface area contributed by atoms with Gasteiger partial charge < -0.3 is 18.9 Å². The molecular formula is C13H17ClFNO5. The average molecular weight is 322 g/mol. The number of esters is 1. The van der Waals surface area contributed by atoms with Crippen LogP contribution < -0.4 is 0 Å². The van der Waals surface area contributed by atoms with E-state index in [1.807, 2.05) is 0 Å². The maximum Gasteiger partial charge on any atom is 0.341 e. The molecule has 1 aromatic rings. The summed E-state index contributed by atoms with van der Waals surface area (Å²) in [6.07, 6.45) is 0.922. The molecule has 0 spiro atoms. The third-order valence-electron chi connectivity index (χ3n) is 2.29. The number of hydrogen-bond acceptors (Lipinski definition) is 6. The Hall–Kier alpha value is -1.28. The summed E-state index contributed by atoms with van der Waals surface area (Å²) in [6, 6.07) is 0.974. The van der Waals surface area contributed by atoms with Crippen molar-refractivity contribution in [3.8, 4) is 0 Å². The van der Waals surface area contributed by atoms with Crippen LogP contribution in [0, 0.1) is 5.82 Å². The van der Waals surface area contributed by atoms with Gasteiger partial charge in [-0.25, -0.2) is 14.2 Å². The minimum absolute atomic E-state index is 0.0315. The smallest absolute Gasteiger partial charge is 0.341 e. The van der Waals surface area contributed by atoms with Crippen LogP contribution in [0.3, 0.4) is 0 Å². The van der Waals surface area contributed by atoms with Crippen molar-refractivity contribution in [3.63, 3.8) is 0 Å². The summed E-state index contributed by atoms with van der Waals surface area (Å²) in [5.74, 6) is -1.40. The molecule has 0 aromatic carbocycles. The zero-order chi connectivity index (χ0) is 15.5. The largest absolute Gasteiger partial charge is 0.460 e. The van der Waals surface area contributed by atoms with E-state index in [1.165, 1.54) is 0 Å². The van der Waals surface area contributed by atoms with Gasteiger partial charge in [-0.05, 0) is 6.07 Å². The van der Waals surface area contributed by atoms with Crippen LogP contribution in [0.5, 0.6) is 0 Å². The van der Waals surface area contributed by atoms with Gasteiger partial charge in [-0.3, -0.25) is 0 Å². The number of methoxy groups -OCH3 is 1. The highest BCUT2D eigenvalue weighted by Crippen LogP contribution is 2.14. The molecule has 1 heterocycles. The molecule has 0 saturated carbocycles. The minimum atomic E-state index is -0.744. The molecule has 21 heavy (non-hydrogen) atoms. The fourth-order valence-corrected chi connectivity index (χ4v) is 1.48. The van der Waals surface area contributed by atoms with Crippen LogP contribution in [0.25, 0.3) is 0 Å². The Bertz CT molecular complexity index is 447. The SMILES string of the molecule is COCCOCCOCCOC(=O)c1cc(F)cnc1Cl. The van der Waals surface area contributed by atoms with Crippen molar-refractivity contribution in [1.82, 2.24) is 4.98 Å². The lowest BCUT2D eigenvalue weighted by Crippen LogP contribution is -2.14. The fourth-order valence-electron chi connectivity index (χ4n) is 1.30. The van der Waals surface area contributed by atoms with Crippen molar-refractivity contribution < 1.29 is 28.1 Å². The van der Waals surface area contributed by atoms with E-state index >= 15 is 0 Å². The Labute approximate surface area is 127 Å². The first kappa shape index (κ1) is 17.8. The highest BCUT2D eigenvalue weighted by atomic mass is 35.5. The number of carbonyl (C=O) groups excluding carboxylic acids is 1. The molecule has 118 valence electrons. The van der Waals surface area contributed by atoms with E-state index in [2.05, 4.69) is 4.98 Å². The molecule has 0 unspecified atom stereocenters. The lowest BCUT2D eigenvalue weighted by atomic mass is 10.3. The van der Waals surface area contributed by atoms with E-state index in [4.69, 9.17) is 30.5 Å². The van der Waals surface area contributed by atoms with Gasteiger partial charge in [-0.15, -0.1) is 0 Å². The van der Waals surface area contributed by atoms with Gasteiger partial charge in [0.1, 0.15) is 17.6 Å². The first-order valence-electron chi connectivity index (χ1n) is 6.27. The molecule has 0 saturated heterocycles. The number of carbonyl (C=O) groups is 1. The number of nitrogens with zero attached hydrogens (tertiary/aromatic N) is 1. The van der Waals surface area contributed by atoms with Crippen LogP contribution in [-0.2, 0) is 18.9 Å². The molecule has 6 nitrogen and oxygen atoms in total. The molecule has 0 aliphatic heterocycles. The summed E-state index contributed by atoms with van der Waals surface area (Å²) in [6.45, 7) is 2.07. The number of hydrogen-bond donors (Lipinski definition) is 0. The molecule has 1 rings (SSSR count). The molecule has 1 aromatic heterocycles. The Kier molecular flexibility index (Phi) is 8.84.